The summed E-state index contributed by atoms with van der Waals surface area (Å²) in [7, 11) is 0. The van der Waals surface area contributed by atoms with Crippen molar-refractivity contribution >= 4 is 5.69 Å². The average molecular weight is 195 g/mol. The third-order valence-electron chi connectivity index (χ3n) is 2.96. The van der Waals surface area contributed by atoms with E-state index < -0.39 is 6.10 Å². The van der Waals surface area contributed by atoms with Crippen molar-refractivity contribution in [3.63, 3.8) is 0 Å². The van der Waals surface area contributed by atoms with Crippen LogP contribution in [0.1, 0.15) is 30.9 Å². The van der Waals surface area contributed by atoms with Crippen LogP contribution in [0, 0.1) is 11.7 Å². The van der Waals surface area contributed by atoms with Crippen molar-refractivity contribution in [3.8, 4) is 0 Å². The van der Waals surface area contributed by atoms with Crippen LogP contribution in [0.25, 0.3) is 0 Å². The molecule has 0 amide bonds. The first-order valence-corrected chi connectivity index (χ1v) is 4.91. The molecule has 0 saturated heterocycles. The van der Waals surface area contributed by atoms with E-state index in [4.69, 9.17) is 5.73 Å². The second-order valence-corrected chi connectivity index (χ2v) is 3.91. The molecule has 0 radical (unpaired) electrons. The summed E-state index contributed by atoms with van der Waals surface area (Å²) in [5.41, 5.74) is 6.69. The molecule has 1 aliphatic carbocycles. The van der Waals surface area contributed by atoms with Crippen LogP contribution in [0.4, 0.5) is 10.1 Å². The summed E-state index contributed by atoms with van der Waals surface area (Å²) in [5.74, 6) is -0.0772. The van der Waals surface area contributed by atoms with Gasteiger partial charge in [-0.05, 0) is 37.0 Å². The third-order valence-corrected chi connectivity index (χ3v) is 2.96. The van der Waals surface area contributed by atoms with Crippen molar-refractivity contribution in [2.24, 2.45) is 5.92 Å². The molecule has 1 saturated carbocycles. The van der Waals surface area contributed by atoms with Crippen LogP contribution in [0.5, 0.6) is 0 Å². The normalized spacial score (nSPS) is 19.0. The van der Waals surface area contributed by atoms with Crippen molar-refractivity contribution in [1.82, 2.24) is 0 Å². The number of hydrogen-bond acceptors (Lipinski definition) is 2. The zero-order valence-corrected chi connectivity index (χ0v) is 7.91. The Morgan fingerprint density at radius 1 is 1.43 bits per heavy atom. The molecule has 1 unspecified atom stereocenters. The minimum absolute atomic E-state index is 0.263. The maximum atomic E-state index is 12.9. The first-order valence-electron chi connectivity index (χ1n) is 4.91. The number of hydrogen-bond donors (Lipinski definition) is 2. The van der Waals surface area contributed by atoms with E-state index in [2.05, 4.69) is 0 Å². The van der Waals surface area contributed by atoms with Crippen LogP contribution in [-0.2, 0) is 0 Å². The van der Waals surface area contributed by atoms with E-state index in [-0.39, 0.29) is 11.7 Å². The zero-order chi connectivity index (χ0) is 10.1. The Balaban J connectivity index is 2.24. The molecule has 14 heavy (non-hydrogen) atoms. The minimum Gasteiger partial charge on any atom is -0.398 e. The van der Waals surface area contributed by atoms with Gasteiger partial charge < -0.3 is 10.8 Å². The number of aliphatic hydroxyl groups is 1. The maximum Gasteiger partial charge on any atom is 0.123 e. The molecule has 0 heterocycles. The number of nitrogens with two attached hydrogens (primary N) is 1. The van der Waals surface area contributed by atoms with Gasteiger partial charge >= 0.3 is 0 Å². The fraction of sp³-hybridized carbons (Fsp3) is 0.455. The molecular weight excluding hydrogens is 181 g/mol. The summed E-state index contributed by atoms with van der Waals surface area (Å²) in [4.78, 5) is 0. The summed E-state index contributed by atoms with van der Waals surface area (Å²) < 4.78 is 12.9. The van der Waals surface area contributed by atoms with E-state index in [0.29, 0.717) is 11.3 Å². The van der Waals surface area contributed by atoms with Crippen LogP contribution in [-0.4, -0.2) is 5.11 Å². The monoisotopic (exact) mass is 195 g/mol. The lowest BCUT2D eigenvalue weighted by Gasteiger charge is -2.31. The second-order valence-electron chi connectivity index (χ2n) is 3.91. The van der Waals surface area contributed by atoms with Gasteiger partial charge in [-0.1, -0.05) is 6.42 Å². The van der Waals surface area contributed by atoms with E-state index in [0.717, 1.165) is 19.3 Å². The summed E-state index contributed by atoms with van der Waals surface area (Å²) in [5, 5.41) is 9.90. The van der Waals surface area contributed by atoms with Gasteiger partial charge in [-0.25, -0.2) is 4.39 Å². The van der Waals surface area contributed by atoms with Crippen LogP contribution in [0.3, 0.4) is 0 Å². The van der Waals surface area contributed by atoms with Crippen LogP contribution >= 0.6 is 0 Å². The number of aliphatic hydroxyl groups excluding tert-OH is 1. The van der Waals surface area contributed by atoms with Crippen molar-refractivity contribution in [2.75, 3.05) is 5.73 Å². The highest BCUT2D eigenvalue weighted by atomic mass is 19.1. The summed E-state index contributed by atoms with van der Waals surface area (Å²) in [6.07, 6.45) is 2.57. The Bertz CT molecular complexity index is 336. The fourth-order valence-electron chi connectivity index (χ4n) is 1.81. The molecule has 1 aromatic rings. The van der Waals surface area contributed by atoms with Gasteiger partial charge in [0.25, 0.3) is 0 Å². The molecule has 2 nitrogen and oxygen atoms in total. The van der Waals surface area contributed by atoms with Crippen LogP contribution in [0.2, 0.25) is 0 Å². The Hall–Kier alpha value is -1.09. The lowest BCUT2D eigenvalue weighted by Crippen LogP contribution is -2.21. The smallest absolute Gasteiger partial charge is 0.123 e. The van der Waals surface area contributed by atoms with E-state index in [1.165, 1.54) is 18.2 Å². The Kier molecular flexibility index (Phi) is 2.42. The third kappa shape index (κ3) is 1.60. The molecule has 0 bridgehead atoms. The molecule has 2 rings (SSSR count). The molecule has 0 aliphatic heterocycles. The predicted molar refractivity (Wildman–Crippen MR) is 53.1 cm³/mol. The largest absolute Gasteiger partial charge is 0.398 e. The molecule has 1 fully saturated rings. The first kappa shape index (κ1) is 9.46. The highest BCUT2D eigenvalue weighted by Gasteiger charge is 2.28. The van der Waals surface area contributed by atoms with E-state index in [1.54, 1.807) is 0 Å². The molecule has 1 atom stereocenters. The van der Waals surface area contributed by atoms with Crippen LogP contribution in [0.15, 0.2) is 18.2 Å². The van der Waals surface area contributed by atoms with Gasteiger partial charge in [0, 0.05) is 11.3 Å². The number of benzene rings is 1. The van der Waals surface area contributed by atoms with Crippen molar-refractivity contribution < 1.29 is 9.50 Å². The highest BCUT2D eigenvalue weighted by Crippen LogP contribution is 2.39. The first-order chi connectivity index (χ1) is 6.68. The fourth-order valence-corrected chi connectivity index (χ4v) is 1.81. The standard InChI is InChI=1S/C11H14FNO/c12-8-4-5-10(13)9(6-8)11(14)7-2-1-3-7/h4-7,11,14H,1-3,13H2. The topological polar surface area (TPSA) is 46.2 Å². The number of halogens is 1. The van der Waals surface area contributed by atoms with Crippen molar-refractivity contribution in [2.45, 2.75) is 25.4 Å². The molecular formula is C11H14FNO. The van der Waals surface area contributed by atoms with E-state index in [9.17, 15) is 9.50 Å². The zero-order valence-electron chi connectivity index (χ0n) is 7.91. The van der Waals surface area contributed by atoms with Crippen molar-refractivity contribution in [1.29, 1.82) is 0 Å². The quantitative estimate of drug-likeness (QED) is 0.711. The number of rotatable bonds is 2. The maximum absolute atomic E-state index is 12.9. The highest BCUT2D eigenvalue weighted by molar-refractivity contribution is 5.48. The molecule has 0 spiro atoms. The predicted octanol–water partition coefficient (Wildman–Crippen LogP) is 2.24. The summed E-state index contributed by atoms with van der Waals surface area (Å²) in [6.45, 7) is 0. The van der Waals surface area contributed by atoms with Gasteiger partial charge in [0.2, 0.25) is 0 Å². The van der Waals surface area contributed by atoms with Gasteiger partial charge in [0.15, 0.2) is 0 Å². The number of nitrogen functional groups attached to an aromatic ring is 1. The molecule has 0 aromatic heterocycles. The lowest BCUT2D eigenvalue weighted by atomic mass is 9.78. The Morgan fingerprint density at radius 2 is 2.14 bits per heavy atom. The average Bonchev–Trinajstić information content (AvgIpc) is 2.06. The number of anilines is 1. The second kappa shape index (κ2) is 3.58. The van der Waals surface area contributed by atoms with E-state index in [1.807, 2.05) is 0 Å². The van der Waals surface area contributed by atoms with Crippen LogP contribution < -0.4 is 5.73 Å². The lowest BCUT2D eigenvalue weighted by molar-refractivity contribution is 0.0624. The van der Waals surface area contributed by atoms with Gasteiger partial charge in [-0.15, -0.1) is 0 Å². The minimum atomic E-state index is -0.598. The van der Waals surface area contributed by atoms with E-state index >= 15 is 0 Å². The Morgan fingerprint density at radius 3 is 2.71 bits per heavy atom. The van der Waals surface area contributed by atoms with Gasteiger partial charge in [-0.3, -0.25) is 0 Å². The Labute approximate surface area is 82.5 Å². The van der Waals surface area contributed by atoms with Gasteiger partial charge in [0.1, 0.15) is 5.82 Å². The molecule has 1 aliphatic rings. The van der Waals surface area contributed by atoms with Crippen molar-refractivity contribution in [3.05, 3.63) is 29.6 Å². The molecule has 1 aromatic carbocycles. The molecule has 3 N–H and O–H groups in total. The molecule has 3 heteroatoms. The van der Waals surface area contributed by atoms with Gasteiger partial charge in [0.05, 0.1) is 6.10 Å². The van der Waals surface area contributed by atoms with Gasteiger partial charge in [-0.2, -0.15) is 0 Å². The SMILES string of the molecule is Nc1ccc(F)cc1C(O)C1CCC1. The molecule has 76 valence electrons. The summed E-state index contributed by atoms with van der Waals surface area (Å²) >= 11 is 0. The summed E-state index contributed by atoms with van der Waals surface area (Å²) in [6, 6.07) is 4.15.